The van der Waals surface area contributed by atoms with Gasteiger partial charge in [0.1, 0.15) is 5.69 Å². The zero-order valence-electron chi connectivity index (χ0n) is 16.2. The van der Waals surface area contributed by atoms with Crippen molar-refractivity contribution in [2.24, 2.45) is 0 Å². The number of H-pyrrole nitrogens is 1. The lowest BCUT2D eigenvalue weighted by atomic mass is 10.1. The number of aromatic amines is 1. The van der Waals surface area contributed by atoms with Gasteiger partial charge in [-0.05, 0) is 44.5 Å². The van der Waals surface area contributed by atoms with Crippen molar-refractivity contribution in [1.82, 2.24) is 4.98 Å². The lowest BCUT2D eigenvalue weighted by Gasteiger charge is -2.30. The Labute approximate surface area is 169 Å². The summed E-state index contributed by atoms with van der Waals surface area (Å²) >= 11 is 6.16. The van der Waals surface area contributed by atoms with Gasteiger partial charge in [-0.3, -0.25) is 4.79 Å². The van der Waals surface area contributed by atoms with Gasteiger partial charge < -0.3 is 24.7 Å². The van der Waals surface area contributed by atoms with E-state index < -0.39 is 5.97 Å². The molecule has 1 saturated heterocycles. The van der Waals surface area contributed by atoms with E-state index in [0.717, 1.165) is 18.8 Å². The molecule has 8 heteroatoms. The minimum absolute atomic E-state index is 0.274. The maximum absolute atomic E-state index is 12.9. The van der Waals surface area contributed by atoms with Crippen LogP contribution >= 0.6 is 11.6 Å². The molecule has 28 heavy (non-hydrogen) atoms. The number of hydrogen-bond acceptors (Lipinski definition) is 5. The van der Waals surface area contributed by atoms with E-state index in [1.807, 2.05) is 6.07 Å². The van der Waals surface area contributed by atoms with Crippen molar-refractivity contribution in [3.05, 3.63) is 45.7 Å². The van der Waals surface area contributed by atoms with Crippen LogP contribution < -0.4 is 10.2 Å². The molecule has 0 unspecified atom stereocenters. The van der Waals surface area contributed by atoms with Crippen LogP contribution in [0.4, 0.5) is 11.4 Å². The molecule has 1 aromatic carbocycles. The molecule has 1 amide bonds. The molecular weight excluding hydrogens is 382 g/mol. The molecule has 0 spiro atoms. The van der Waals surface area contributed by atoms with Crippen molar-refractivity contribution in [3.8, 4) is 0 Å². The minimum Gasteiger partial charge on any atom is -0.462 e. The Morgan fingerprint density at radius 1 is 1.29 bits per heavy atom. The van der Waals surface area contributed by atoms with Crippen LogP contribution in [0.2, 0.25) is 5.02 Å². The standard InChI is InChI=1S/C20H24ClN3O4/c1-4-28-20(26)17-12(2)18(22-13(17)3)19(25)23-15-11-14(21)5-6-16(15)24-7-9-27-10-8-24/h5-6,11,22H,4,7-10H2,1-3H3,(H,23,25). The van der Waals surface area contributed by atoms with Gasteiger partial charge in [-0.2, -0.15) is 0 Å². The highest BCUT2D eigenvalue weighted by atomic mass is 35.5. The van der Waals surface area contributed by atoms with E-state index in [2.05, 4.69) is 15.2 Å². The molecule has 0 aliphatic carbocycles. The molecule has 2 aromatic rings. The van der Waals surface area contributed by atoms with Crippen LogP contribution in [0.1, 0.15) is 39.0 Å². The van der Waals surface area contributed by atoms with Gasteiger partial charge in [0.05, 0.1) is 36.8 Å². The fourth-order valence-electron chi connectivity index (χ4n) is 3.36. The number of esters is 1. The van der Waals surface area contributed by atoms with E-state index in [1.54, 1.807) is 32.9 Å². The van der Waals surface area contributed by atoms with E-state index >= 15 is 0 Å². The Balaban J connectivity index is 1.88. The zero-order valence-corrected chi connectivity index (χ0v) is 17.0. The van der Waals surface area contributed by atoms with Gasteiger partial charge >= 0.3 is 5.97 Å². The number of carbonyl (C=O) groups is 2. The summed E-state index contributed by atoms with van der Waals surface area (Å²) in [5.41, 5.74) is 3.38. The number of aromatic nitrogens is 1. The van der Waals surface area contributed by atoms with Gasteiger partial charge in [0.25, 0.3) is 5.91 Å². The summed E-state index contributed by atoms with van der Waals surface area (Å²) in [6, 6.07) is 5.41. The molecular formula is C20H24ClN3O4. The van der Waals surface area contributed by atoms with Gasteiger partial charge in [0.2, 0.25) is 0 Å². The normalized spacial score (nSPS) is 14.1. The predicted molar refractivity (Wildman–Crippen MR) is 109 cm³/mol. The van der Waals surface area contributed by atoms with Crippen LogP contribution in [0, 0.1) is 13.8 Å². The third-order valence-electron chi connectivity index (χ3n) is 4.70. The van der Waals surface area contributed by atoms with Crippen molar-refractivity contribution in [3.63, 3.8) is 0 Å². The number of nitrogens with one attached hydrogen (secondary N) is 2. The smallest absolute Gasteiger partial charge is 0.340 e. The van der Waals surface area contributed by atoms with Crippen molar-refractivity contribution in [2.45, 2.75) is 20.8 Å². The molecule has 0 saturated carbocycles. The predicted octanol–water partition coefficient (Wildman–Crippen LogP) is 3.55. The number of amides is 1. The van der Waals surface area contributed by atoms with Crippen LogP contribution in [0.15, 0.2) is 18.2 Å². The maximum Gasteiger partial charge on any atom is 0.340 e. The Bertz CT molecular complexity index is 888. The number of benzene rings is 1. The van der Waals surface area contributed by atoms with Gasteiger partial charge in [0, 0.05) is 23.8 Å². The van der Waals surface area contributed by atoms with Crippen LogP contribution in [0.3, 0.4) is 0 Å². The summed E-state index contributed by atoms with van der Waals surface area (Å²) in [5.74, 6) is -0.780. The average Bonchev–Trinajstić information content (AvgIpc) is 2.97. The van der Waals surface area contributed by atoms with E-state index in [-0.39, 0.29) is 12.5 Å². The topological polar surface area (TPSA) is 83.7 Å². The molecule has 2 N–H and O–H groups in total. The SMILES string of the molecule is CCOC(=O)c1c(C)[nH]c(C(=O)Nc2cc(Cl)ccc2N2CCOCC2)c1C. The second-order valence-electron chi connectivity index (χ2n) is 6.56. The van der Waals surface area contributed by atoms with Gasteiger partial charge in [-0.15, -0.1) is 0 Å². The quantitative estimate of drug-likeness (QED) is 0.743. The monoisotopic (exact) mass is 405 g/mol. The van der Waals surface area contributed by atoms with Gasteiger partial charge in [-0.25, -0.2) is 4.79 Å². The first-order valence-corrected chi connectivity index (χ1v) is 9.60. The summed E-state index contributed by atoms with van der Waals surface area (Å²) < 4.78 is 10.5. The lowest BCUT2D eigenvalue weighted by Crippen LogP contribution is -2.36. The van der Waals surface area contributed by atoms with Crippen LogP contribution in [-0.2, 0) is 9.47 Å². The first kappa shape index (κ1) is 20.2. The van der Waals surface area contributed by atoms with Crippen molar-refractivity contribution in [1.29, 1.82) is 0 Å². The minimum atomic E-state index is -0.440. The lowest BCUT2D eigenvalue weighted by molar-refractivity contribution is 0.0525. The number of halogens is 1. The number of anilines is 2. The number of ether oxygens (including phenoxy) is 2. The largest absolute Gasteiger partial charge is 0.462 e. The van der Waals surface area contributed by atoms with Crippen LogP contribution in [-0.4, -0.2) is 49.8 Å². The molecule has 0 radical (unpaired) electrons. The number of morpholine rings is 1. The Morgan fingerprint density at radius 3 is 2.68 bits per heavy atom. The summed E-state index contributed by atoms with van der Waals surface area (Å²) in [7, 11) is 0. The molecule has 2 heterocycles. The van der Waals surface area contributed by atoms with E-state index in [4.69, 9.17) is 21.1 Å². The molecule has 1 aromatic heterocycles. The molecule has 1 fully saturated rings. The summed E-state index contributed by atoms with van der Waals surface area (Å²) in [4.78, 5) is 30.3. The molecule has 1 aliphatic rings. The number of carbonyl (C=O) groups excluding carboxylic acids is 2. The molecule has 150 valence electrons. The Kier molecular flexibility index (Phi) is 6.26. The highest BCUT2D eigenvalue weighted by Gasteiger charge is 2.24. The van der Waals surface area contributed by atoms with Crippen LogP contribution in [0.25, 0.3) is 0 Å². The summed E-state index contributed by atoms with van der Waals surface area (Å²) in [5, 5.41) is 3.45. The van der Waals surface area contributed by atoms with E-state index in [1.165, 1.54) is 0 Å². The molecule has 0 atom stereocenters. The number of nitrogens with zero attached hydrogens (tertiary/aromatic N) is 1. The van der Waals surface area contributed by atoms with Crippen molar-refractivity contribution >= 4 is 34.9 Å². The fraction of sp³-hybridized carbons (Fsp3) is 0.400. The van der Waals surface area contributed by atoms with Gasteiger partial charge in [-0.1, -0.05) is 11.6 Å². The second kappa shape index (κ2) is 8.67. The molecule has 1 aliphatic heterocycles. The Morgan fingerprint density at radius 2 is 2.00 bits per heavy atom. The third-order valence-corrected chi connectivity index (χ3v) is 4.94. The number of hydrogen-bond donors (Lipinski definition) is 2. The van der Waals surface area contributed by atoms with Crippen molar-refractivity contribution in [2.75, 3.05) is 43.1 Å². The van der Waals surface area contributed by atoms with E-state index in [0.29, 0.717) is 46.4 Å². The fourth-order valence-corrected chi connectivity index (χ4v) is 3.53. The number of aryl methyl sites for hydroxylation is 1. The number of rotatable bonds is 5. The highest BCUT2D eigenvalue weighted by Crippen LogP contribution is 2.31. The van der Waals surface area contributed by atoms with Crippen LogP contribution in [0.5, 0.6) is 0 Å². The third kappa shape index (κ3) is 4.15. The molecule has 7 nitrogen and oxygen atoms in total. The first-order valence-electron chi connectivity index (χ1n) is 9.22. The molecule has 0 bridgehead atoms. The van der Waals surface area contributed by atoms with E-state index in [9.17, 15) is 9.59 Å². The van der Waals surface area contributed by atoms with Gasteiger partial charge in [0.15, 0.2) is 0 Å². The summed E-state index contributed by atoms with van der Waals surface area (Å²) in [6.07, 6.45) is 0. The Hall–Kier alpha value is -2.51. The summed E-state index contributed by atoms with van der Waals surface area (Å²) in [6.45, 7) is 8.23. The highest BCUT2D eigenvalue weighted by molar-refractivity contribution is 6.31. The maximum atomic E-state index is 12.9. The average molecular weight is 406 g/mol. The van der Waals surface area contributed by atoms with Crippen molar-refractivity contribution < 1.29 is 19.1 Å². The molecule has 3 rings (SSSR count). The zero-order chi connectivity index (χ0) is 20.3. The second-order valence-corrected chi connectivity index (χ2v) is 7.00. The first-order chi connectivity index (χ1) is 13.4.